The minimum atomic E-state index is 0.463. The quantitative estimate of drug-likeness (QED) is 0.696. The molecule has 1 aliphatic rings. The second-order valence-corrected chi connectivity index (χ2v) is 6.56. The van der Waals surface area contributed by atoms with Crippen LogP contribution >= 0.6 is 0 Å². The molecule has 1 atom stereocenters. The van der Waals surface area contributed by atoms with Gasteiger partial charge in [-0.1, -0.05) is 50.2 Å². The topological polar surface area (TPSA) is 12.0 Å². The van der Waals surface area contributed by atoms with Gasteiger partial charge in [-0.05, 0) is 66.1 Å². The van der Waals surface area contributed by atoms with E-state index in [9.17, 15) is 0 Å². The van der Waals surface area contributed by atoms with Crippen molar-refractivity contribution < 1.29 is 0 Å². The van der Waals surface area contributed by atoms with E-state index in [2.05, 4.69) is 68.7 Å². The monoisotopic (exact) mass is 279 g/mol. The van der Waals surface area contributed by atoms with Crippen molar-refractivity contribution in [1.29, 1.82) is 0 Å². The Morgan fingerprint density at radius 2 is 1.71 bits per heavy atom. The summed E-state index contributed by atoms with van der Waals surface area (Å²) in [5, 5.41) is 3.49. The third-order valence-corrected chi connectivity index (χ3v) is 4.61. The van der Waals surface area contributed by atoms with E-state index in [4.69, 9.17) is 0 Å². The molecule has 0 spiro atoms. The van der Waals surface area contributed by atoms with E-state index >= 15 is 0 Å². The van der Waals surface area contributed by atoms with Crippen LogP contribution in [0.5, 0.6) is 0 Å². The first kappa shape index (κ1) is 14.3. The van der Waals surface area contributed by atoms with E-state index in [-0.39, 0.29) is 0 Å². The van der Waals surface area contributed by atoms with Gasteiger partial charge in [0.15, 0.2) is 0 Å². The summed E-state index contributed by atoms with van der Waals surface area (Å²) >= 11 is 0. The van der Waals surface area contributed by atoms with Crippen molar-refractivity contribution in [1.82, 2.24) is 5.32 Å². The summed E-state index contributed by atoms with van der Waals surface area (Å²) in [6.45, 7) is 4.59. The molecule has 0 aromatic heterocycles. The highest BCUT2D eigenvalue weighted by Gasteiger charge is 2.19. The molecule has 21 heavy (non-hydrogen) atoms. The van der Waals surface area contributed by atoms with Crippen molar-refractivity contribution in [2.45, 2.75) is 39.2 Å². The van der Waals surface area contributed by atoms with E-state index in [0.717, 1.165) is 12.3 Å². The summed E-state index contributed by atoms with van der Waals surface area (Å²) in [6.07, 6.45) is 3.55. The van der Waals surface area contributed by atoms with E-state index < -0.39 is 0 Å². The fraction of sp³-hybridized carbons (Fsp3) is 0.400. The number of fused-ring (bicyclic) bond motifs is 3. The molecule has 0 saturated carbocycles. The van der Waals surface area contributed by atoms with E-state index in [1.54, 1.807) is 0 Å². The third-order valence-electron chi connectivity index (χ3n) is 4.61. The summed E-state index contributed by atoms with van der Waals surface area (Å²) in [7, 11) is 2.08. The van der Waals surface area contributed by atoms with Crippen LogP contribution in [0.2, 0.25) is 0 Å². The average molecular weight is 279 g/mol. The van der Waals surface area contributed by atoms with Crippen LogP contribution in [0, 0.1) is 5.92 Å². The van der Waals surface area contributed by atoms with Crippen molar-refractivity contribution in [3.63, 3.8) is 0 Å². The van der Waals surface area contributed by atoms with Gasteiger partial charge in [-0.2, -0.15) is 0 Å². The van der Waals surface area contributed by atoms with E-state index in [0.29, 0.717) is 6.04 Å². The lowest BCUT2D eigenvalue weighted by molar-refractivity contribution is 0.465. The molecule has 1 unspecified atom stereocenters. The molecule has 110 valence electrons. The van der Waals surface area contributed by atoms with Gasteiger partial charge in [0.2, 0.25) is 0 Å². The highest BCUT2D eigenvalue weighted by Crippen LogP contribution is 2.38. The van der Waals surface area contributed by atoms with Crippen molar-refractivity contribution in [2.75, 3.05) is 7.05 Å². The molecule has 1 aliphatic carbocycles. The smallest absolute Gasteiger partial charge is 0.0317 e. The number of hydrogen-bond acceptors (Lipinski definition) is 1. The molecule has 3 rings (SSSR count). The lowest BCUT2D eigenvalue weighted by Gasteiger charge is -2.19. The fourth-order valence-corrected chi connectivity index (χ4v) is 3.34. The third kappa shape index (κ3) is 2.89. The molecule has 1 heteroatoms. The Bertz CT molecular complexity index is 627. The summed E-state index contributed by atoms with van der Waals surface area (Å²) in [6, 6.07) is 16.3. The maximum Gasteiger partial charge on any atom is 0.0317 e. The van der Waals surface area contributed by atoms with E-state index in [1.165, 1.54) is 40.7 Å². The SMILES string of the molecule is CNC(CCC(C)C)c1ccc2c(c1)-c1ccccc1C2. The molecule has 0 amide bonds. The van der Waals surface area contributed by atoms with Crippen molar-refractivity contribution in [2.24, 2.45) is 5.92 Å². The Kier molecular flexibility index (Phi) is 4.12. The Morgan fingerprint density at radius 1 is 0.952 bits per heavy atom. The van der Waals surface area contributed by atoms with Gasteiger partial charge >= 0.3 is 0 Å². The first-order chi connectivity index (χ1) is 10.2. The van der Waals surface area contributed by atoms with Crippen LogP contribution in [0.15, 0.2) is 42.5 Å². The van der Waals surface area contributed by atoms with Gasteiger partial charge in [0, 0.05) is 6.04 Å². The fourth-order valence-electron chi connectivity index (χ4n) is 3.34. The van der Waals surface area contributed by atoms with Crippen LogP contribution in [0.25, 0.3) is 11.1 Å². The number of hydrogen-bond donors (Lipinski definition) is 1. The number of benzene rings is 2. The molecule has 0 bridgehead atoms. The van der Waals surface area contributed by atoms with Gasteiger partial charge in [0.05, 0.1) is 0 Å². The Balaban J connectivity index is 1.90. The van der Waals surface area contributed by atoms with Gasteiger partial charge in [0.25, 0.3) is 0 Å². The maximum absolute atomic E-state index is 3.49. The van der Waals surface area contributed by atoms with Gasteiger partial charge < -0.3 is 5.32 Å². The molecular formula is C20H25N. The highest BCUT2D eigenvalue weighted by atomic mass is 14.9. The largest absolute Gasteiger partial charge is 0.313 e. The molecule has 0 aliphatic heterocycles. The second-order valence-electron chi connectivity index (χ2n) is 6.56. The normalized spacial score (nSPS) is 14.1. The molecule has 1 N–H and O–H groups in total. The molecule has 2 aromatic carbocycles. The number of rotatable bonds is 5. The zero-order chi connectivity index (χ0) is 14.8. The first-order valence-corrected chi connectivity index (χ1v) is 8.07. The summed E-state index contributed by atoms with van der Waals surface area (Å²) in [5.41, 5.74) is 7.22. The highest BCUT2D eigenvalue weighted by molar-refractivity contribution is 5.77. The van der Waals surface area contributed by atoms with Crippen molar-refractivity contribution >= 4 is 0 Å². The lowest BCUT2D eigenvalue weighted by Crippen LogP contribution is -2.17. The summed E-state index contributed by atoms with van der Waals surface area (Å²) < 4.78 is 0. The molecule has 1 nitrogen and oxygen atoms in total. The van der Waals surface area contributed by atoms with Crippen molar-refractivity contribution in [3.8, 4) is 11.1 Å². The van der Waals surface area contributed by atoms with Crippen LogP contribution in [0.1, 0.15) is 49.4 Å². The molecule has 2 aromatic rings. The molecular weight excluding hydrogens is 254 g/mol. The zero-order valence-electron chi connectivity index (χ0n) is 13.3. The maximum atomic E-state index is 3.49. The minimum absolute atomic E-state index is 0.463. The predicted octanol–water partition coefficient (Wildman–Crippen LogP) is 4.95. The number of nitrogens with one attached hydrogen (secondary N) is 1. The van der Waals surface area contributed by atoms with Crippen LogP contribution in [-0.2, 0) is 6.42 Å². The first-order valence-electron chi connectivity index (χ1n) is 8.07. The summed E-state index contributed by atoms with van der Waals surface area (Å²) in [5.74, 6) is 0.760. The average Bonchev–Trinajstić information content (AvgIpc) is 2.85. The molecule has 0 fully saturated rings. The molecule has 0 heterocycles. The second kappa shape index (κ2) is 6.03. The van der Waals surface area contributed by atoms with Gasteiger partial charge in [-0.15, -0.1) is 0 Å². The Hall–Kier alpha value is -1.60. The van der Waals surface area contributed by atoms with Gasteiger partial charge in [0.1, 0.15) is 0 Å². The van der Waals surface area contributed by atoms with Gasteiger partial charge in [-0.25, -0.2) is 0 Å². The summed E-state index contributed by atoms with van der Waals surface area (Å²) in [4.78, 5) is 0. The van der Waals surface area contributed by atoms with E-state index in [1.807, 2.05) is 0 Å². The van der Waals surface area contributed by atoms with Crippen LogP contribution in [0.4, 0.5) is 0 Å². The molecule has 0 saturated heterocycles. The lowest BCUT2D eigenvalue weighted by atomic mass is 9.94. The zero-order valence-corrected chi connectivity index (χ0v) is 13.3. The Labute approximate surface area is 128 Å². The van der Waals surface area contributed by atoms with Gasteiger partial charge in [-0.3, -0.25) is 0 Å². The Morgan fingerprint density at radius 3 is 2.48 bits per heavy atom. The van der Waals surface area contributed by atoms with Crippen LogP contribution < -0.4 is 5.32 Å². The predicted molar refractivity (Wildman–Crippen MR) is 90.6 cm³/mol. The molecule has 0 radical (unpaired) electrons. The van der Waals surface area contributed by atoms with Crippen LogP contribution in [-0.4, -0.2) is 7.05 Å². The minimum Gasteiger partial charge on any atom is -0.313 e. The van der Waals surface area contributed by atoms with Crippen molar-refractivity contribution in [3.05, 3.63) is 59.2 Å². The van der Waals surface area contributed by atoms with Crippen LogP contribution in [0.3, 0.4) is 0 Å². The standard InChI is InChI=1S/C20H25N/c1-14(2)8-11-20(21-3)17-10-9-16-12-15-6-4-5-7-18(15)19(16)13-17/h4-7,9-10,13-14,20-21H,8,11-12H2,1-3H3.